The summed E-state index contributed by atoms with van der Waals surface area (Å²) in [5.41, 5.74) is 0.383. The normalized spacial score (nSPS) is 26.1. The van der Waals surface area contributed by atoms with Gasteiger partial charge in [0.2, 0.25) is 0 Å². The quantitative estimate of drug-likeness (QED) is 0.560. The Labute approximate surface area is 173 Å². The summed E-state index contributed by atoms with van der Waals surface area (Å²) in [6, 6.07) is 7.54. The number of rotatable bonds is 7. The van der Waals surface area contributed by atoms with Gasteiger partial charge in [-0.25, -0.2) is 9.69 Å². The van der Waals surface area contributed by atoms with Crippen LogP contribution in [0.15, 0.2) is 36.9 Å². The van der Waals surface area contributed by atoms with Crippen LogP contribution >= 0.6 is 0 Å². The summed E-state index contributed by atoms with van der Waals surface area (Å²) in [7, 11) is 1.92. The molecule has 1 aliphatic heterocycles. The van der Waals surface area contributed by atoms with Crippen molar-refractivity contribution in [1.29, 1.82) is 0 Å². The van der Waals surface area contributed by atoms with E-state index in [9.17, 15) is 9.59 Å². The van der Waals surface area contributed by atoms with Crippen molar-refractivity contribution in [1.82, 2.24) is 15.1 Å². The van der Waals surface area contributed by atoms with Crippen LogP contribution in [0.5, 0.6) is 5.75 Å². The molecule has 1 heterocycles. The van der Waals surface area contributed by atoms with E-state index in [4.69, 9.17) is 4.74 Å². The summed E-state index contributed by atoms with van der Waals surface area (Å²) >= 11 is 0. The Bertz CT molecular complexity index is 774. The molecule has 3 rings (SSSR count). The highest BCUT2D eigenvalue weighted by atomic mass is 16.5. The van der Waals surface area contributed by atoms with Gasteiger partial charge in [-0.3, -0.25) is 9.69 Å². The predicted octanol–water partition coefficient (Wildman–Crippen LogP) is 3.78. The molecule has 2 aliphatic rings. The molecule has 1 aromatic rings. The van der Waals surface area contributed by atoms with E-state index in [0.29, 0.717) is 31.9 Å². The van der Waals surface area contributed by atoms with Gasteiger partial charge in [0.15, 0.2) is 0 Å². The molecule has 1 spiro atoms. The molecular formula is C23H33N3O3. The second-order valence-electron chi connectivity index (χ2n) is 9.50. The Morgan fingerprint density at radius 1 is 1.28 bits per heavy atom. The minimum atomic E-state index is -0.747. The molecule has 1 aromatic carbocycles. The summed E-state index contributed by atoms with van der Waals surface area (Å²) in [5.74, 6) is 1.12. The van der Waals surface area contributed by atoms with Crippen molar-refractivity contribution in [2.24, 2.45) is 11.3 Å². The molecule has 3 amide bonds. The minimum Gasteiger partial charge on any atom is -0.490 e. The molecule has 0 bridgehead atoms. The standard InChI is InChI=1S/C23H33N3O3/c1-6-11-29-19-9-7-18(8-10-19)14-25(5)16-26-20(27)23(24-21(26)28)13-17(2)12-22(3,4)15-23/h6-10,17H,1,11-16H2,2-5H3,(H,24,28). The van der Waals surface area contributed by atoms with Gasteiger partial charge >= 0.3 is 6.03 Å². The van der Waals surface area contributed by atoms with Crippen LogP contribution < -0.4 is 10.1 Å². The second kappa shape index (κ2) is 8.19. The highest BCUT2D eigenvalue weighted by Crippen LogP contribution is 2.46. The summed E-state index contributed by atoms with van der Waals surface area (Å²) in [6.07, 6.45) is 4.19. The van der Waals surface area contributed by atoms with Crippen LogP contribution in [-0.2, 0) is 11.3 Å². The lowest BCUT2D eigenvalue weighted by Gasteiger charge is -2.43. The first kappa shape index (κ1) is 21.4. The van der Waals surface area contributed by atoms with Crippen molar-refractivity contribution < 1.29 is 14.3 Å². The fraction of sp³-hybridized carbons (Fsp3) is 0.565. The second-order valence-corrected chi connectivity index (χ2v) is 9.50. The molecule has 2 atom stereocenters. The topological polar surface area (TPSA) is 61.9 Å². The van der Waals surface area contributed by atoms with Gasteiger partial charge < -0.3 is 10.1 Å². The highest BCUT2D eigenvalue weighted by molar-refractivity contribution is 6.07. The summed E-state index contributed by atoms with van der Waals surface area (Å²) in [5, 5.41) is 3.04. The van der Waals surface area contributed by atoms with E-state index in [1.807, 2.05) is 36.2 Å². The van der Waals surface area contributed by atoms with Crippen LogP contribution in [0.1, 0.15) is 45.6 Å². The maximum atomic E-state index is 13.3. The third-order valence-electron chi connectivity index (χ3n) is 5.75. The van der Waals surface area contributed by atoms with Gasteiger partial charge in [-0.2, -0.15) is 0 Å². The van der Waals surface area contributed by atoms with E-state index in [1.54, 1.807) is 6.08 Å². The molecule has 1 N–H and O–H groups in total. The Kier molecular flexibility index (Phi) is 6.03. The van der Waals surface area contributed by atoms with Crippen molar-refractivity contribution in [2.75, 3.05) is 20.3 Å². The first-order valence-corrected chi connectivity index (χ1v) is 10.3. The number of urea groups is 1. The lowest BCUT2D eigenvalue weighted by molar-refractivity contribution is -0.136. The van der Waals surface area contributed by atoms with Gasteiger partial charge in [-0.05, 0) is 55.3 Å². The molecule has 158 valence electrons. The smallest absolute Gasteiger partial charge is 0.326 e. The number of hydrogen-bond donors (Lipinski definition) is 1. The molecule has 29 heavy (non-hydrogen) atoms. The van der Waals surface area contributed by atoms with E-state index >= 15 is 0 Å². The predicted molar refractivity (Wildman–Crippen MR) is 113 cm³/mol. The zero-order valence-electron chi connectivity index (χ0n) is 18.0. The van der Waals surface area contributed by atoms with E-state index in [0.717, 1.165) is 17.7 Å². The number of carbonyl (C=O) groups is 2. The SMILES string of the molecule is C=CCOc1ccc(CN(C)CN2C(=O)NC3(CC(C)CC(C)(C)C3)C2=O)cc1. The van der Waals surface area contributed by atoms with Crippen molar-refractivity contribution in [3.8, 4) is 5.75 Å². The maximum Gasteiger partial charge on any atom is 0.326 e. The first-order valence-electron chi connectivity index (χ1n) is 10.3. The highest BCUT2D eigenvalue weighted by Gasteiger charge is 2.56. The van der Waals surface area contributed by atoms with Crippen molar-refractivity contribution in [3.63, 3.8) is 0 Å². The Morgan fingerprint density at radius 2 is 1.97 bits per heavy atom. The van der Waals surface area contributed by atoms with Crippen LogP contribution in [0.2, 0.25) is 0 Å². The van der Waals surface area contributed by atoms with Crippen LogP contribution in [0.4, 0.5) is 4.79 Å². The van der Waals surface area contributed by atoms with Crippen molar-refractivity contribution in [3.05, 3.63) is 42.5 Å². The van der Waals surface area contributed by atoms with Crippen LogP contribution in [0.3, 0.4) is 0 Å². The third kappa shape index (κ3) is 4.81. The van der Waals surface area contributed by atoms with Gasteiger partial charge in [0.1, 0.15) is 17.9 Å². The van der Waals surface area contributed by atoms with Gasteiger partial charge in [0.25, 0.3) is 5.91 Å². The van der Waals surface area contributed by atoms with E-state index in [-0.39, 0.29) is 24.0 Å². The summed E-state index contributed by atoms with van der Waals surface area (Å²) < 4.78 is 5.50. The largest absolute Gasteiger partial charge is 0.490 e. The number of imide groups is 1. The Hall–Kier alpha value is -2.34. The molecule has 1 aliphatic carbocycles. The molecule has 1 saturated heterocycles. The molecule has 6 heteroatoms. The van der Waals surface area contributed by atoms with Gasteiger partial charge in [0.05, 0.1) is 6.67 Å². The molecule has 1 saturated carbocycles. The van der Waals surface area contributed by atoms with E-state index in [2.05, 4.69) is 32.7 Å². The Balaban J connectivity index is 1.63. The zero-order valence-corrected chi connectivity index (χ0v) is 18.0. The summed E-state index contributed by atoms with van der Waals surface area (Å²) in [4.78, 5) is 29.3. The maximum absolute atomic E-state index is 13.3. The molecule has 0 radical (unpaired) electrons. The monoisotopic (exact) mass is 399 g/mol. The van der Waals surface area contributed by atoms with Gasteiger partial charge in [-0.15, -0.1) is 0 Å². The van der Waals surface area contributed by atoms with Crippen LogP contribution in [0.25, 0.3) is 0 Å². The van der Waals surface area contributed by atoms with Crippen LogP contribution in [-0.4, -0.2) is 47.6 Å². The fourth-order valence-corrected chi connectivity index (χ4v) is 5.08. The number of hydrogen-bond acceptors (Lipinski definition) is 4. The zero-order chi connectivity index (χ0) is 21.2. The summed E-state index contributed by atoms with van der Waals surface area (Å²) in [6.45, 7) is 11.6. The lowest BCUT2D eigenvalue weighted by atomic mass is 9.64. The first-order chi connectivity index (χ1) is 13.6. The molecule has 0 aromatic heterocycles. The van der Waals surface area contributed by atoms with Gasteiger partial charge in [0, 0.05) is 6.54 Å². The number of benzene rings is 1. The number of nitrogens with zero attached hydrogens (tertiary/aromatic N) is 2. The van der Waals surface area contributed by atoms with E-state index < -0.39 is 5.54 Å². The Morgan fingerprint density at radius 3 is 2.59 bits per heavy atom. The van der Waals surface area contributed by atoms with Crippen molar-refractivity contribution >= 4 is 11.9 Å². The number of carbonyl (C=O) groups excluding carboxylic acids is 2. The van der Waals surface area contributed by atoms with Crippen molar-refractivity contribution in [2.45, 2.75) is 52.1 Å². The molecular weight excluding hydrogens is 366 g/mol. The number of nitrogens with one attached hydrogen (secondary N) is 1. The van der Waals surface area contributed by atoms with Gasteiger partial charge in [-0.1, -0.05) is 45.6 Å². The lowest BCUT2D eigenvalue weighted by Crippen LogP contribution is -2.54. The third-order valence-corrected chi connectivity index (χ3v) is 5.75. The minimum absolute atomic E-state index is 0.0396. The average molecular weight is 400 g/mol. The molecule has 6 nitrogen and oxygen atoms in total. The number of amides is 3. The molecule has 2 unspecified atom stereocenters. The molecule has 2 fully saturated rings. The fourth-order valence-electron chi connectivity index (χ4n) is 5.08. The average Bonchev–Trinajstić information content (AvgIpc) is 2.82. The number of ether oxygens (including phenoxy) is 1. The van der Waals surface area contributed by atoms with Crippen LogP contribution in [0, 0.1) is 11.3 Å². The van der Waals surface area contributed by atoms with E-state index in [1.165, 1.54) is 4.90 Å².